The molecule has 0 bridgehead atoms. The molecule has 2 aromatic carbocycles. The number of nitrogens with zero attached hydrogens (tertiary/aromatic N) is 5. The second-order valence-corrected chi connectivity index (χ2v) is 10.3. The van der Waals surface area contributed by atoms with Crippen molar-refractivity contribution < 1.29 is 18.0 Å². The van der Waals surface area contributed by atoms with Crippen LogP contribution in [0.5, 0.6) is 0 Å². The number of hydrogen-bond donors (Lipinski definition) is 3. The number of amides is 1. The molecule has 5 rings (SSSR count). The number of benzene rings is 2. The van der Waals surface area contributed by atoms with E-state index in [2.05, 4.69) is 25.9 Å². The summed E-state index contributed by atoms with van der Waals surface area (Å²) in [6, 6.07) is 12.1. The molecule has 212 valence electrons. The Bertz CT molecular complexity index is 1350. The summed E-state index contributed by atoms with van der Waals surface area (Å²) in [5.41, 5.74) is 2.07. The summed E-state index contributed by atoms with van der Waals surface area (Å²) in [5, 5.41) is 9.69. The van der Waals surface area contributed by atoms with Gasteiger partial charge in [0, 0.05) is 45.1 Å². The number of para-hydroxylation sites is 1. The van der Waals surface area contributed by atoms with E-state index in [0.717, 1.165) is 0 Å². The normalized spacial score (nSPS) is 17.1. The van der Waals surface area contributed by atoms with Crippen molar-refractivity contribution in [3.8, 4) is 0 Å². The van der Waals surface area contributed by atoms with E-state index < -0.39 is 18.9 Å². The molecule has 1 unspecified atom stereocenters. The van der Waals surface area contributed by atoms with E-state index in [1.165, 1.54) is 11.1 Å². The number of aromatic nitrogens is 2. The maximum atomic E-state index is 13.3. The fourth-order valence-corrected chi connectivity index (χ4v) is 5.37. The molecule has 40 heavy (non-hydrogen) atoms. The highest BCUT2D eigenvalue weighted by Crippen LogP contribution is 2.37. The van der Waals surface area contributed by atoms with E-state index in [4.69, 9.17) is 23.2 Å². The summed E-state index contributed by atoms with van der Waals surface area (Å²) in [7, 11) is 1.79. The highest BCUT2D eigenvalue weighted by molar-refractivity contribution is 6.40. The van der Waals surface area contributed by atoms with Crippen LogP contribution in [0.15, 0.2) is 48.7 Å². The number of alkyl halides is 3. The first kappa shape index (κ1) is 28.4. The molecule has 1 aromatic heterocycles. The van der Waals surface area contributed by atoms with Gasteiger partial charge in [-0.3, -0.25) is 19.9 Å². The van der Waals surface area contributed by atoms with Crippen LogP contribution in [-0.4, -0.2) is 73.4 Å². The van der Waals surface area contributed by atoms with Crippen LogP contribution in [0, 0.1) is 0 Å². The molecule has 0 aliphatic carbocycles. The van der Waals surface area contributed by atoms with Crippen LogP contribution >= 0.6 is 23.2 Å². The lowest BCUT2D eigenvalue weighted by molar-refractivity contribution is -0.129. The molecule has 0 spiro atoms. The van der Waals surface area contributed by atoms with Gasteiger partial charge in [0.15, 0.2) is 0 Å². The van der Waals surface area contributed by atoms with Gasteiger partial charge in [-0.05, 0) is 29.8 Å². The second-order valence-electron chi connectivity index (χ2n) is 9.51. The molecular weight excluding hydrogens is 568 g/mol. The van der Waals surface area contributed by atoms with Crippen LogP contribution in [0.4, 0.5) is 36.3 Å². The smallest absolute Gasteiger partial charge is 0.341 e. The lowest BCUT2D eigenvalue weighted by Gasteiger charge is -2.36. The Morgan fingerprint density at radius 3 is 2.40 bits per heavy atom. The maximum absolute atomic E-state index is 13.3. The van der Waals surface area contributed by atoms with Gasteiger partial charge in [0.2, 0.25) is 5.95 Å². The number of carbonyl (C=O) groups is 1. The number of carbonyl (C=O) groups excluding carboxylic acids is 1. The summed E-state index contributed by atoms with van der Waals surface area (Å²) in [6.07, 6.45) is -3.45. The summed E-state index contributed by atoms with van der Waals surface area (Å²) in [4.78, 5) is 27.4. The number of piperazine rings is 1. The highest BCUT2D eigenvalue weighted by atomic mass is 35.5. The number of fused-ring (bicyclic) bond motifs is 1. The monoisotopic (exact) mass is 594 g/mol. The molecule has 2 aliphatic rings. The zero-order valence-corrected chi connectivity index (χ0v) is 23.0. The van der Waals surface area contributed by atoms with E-state index in [9.17, 15) is 18.0 Å². The van der Waals surface area contributed by atoms with Crippen molar-refractivity contribution in [2.75, 3.05) is 61.6 Å². The van der Waals surface area contributed by atoms with Crippen LogP contribution in [0.1, 0.15) is 22.1 Å². The fourth-order valence-electron chi connectivity index (χ4n) is 4.77. The van der Waals surface area contributed by atoms with Crippen molar-refractivity contribution in [1.82, 2.24) is 25.5 Å². The third-order valence-corrected chi connectivity index (χ3v) is 7.27. The van der Waals surface area contributed by atoms with Gasteiger partial charge in [-0.15, -0.1) is 0 Å². The van der Waals surface area contributed by atoms with Gasteiger partial charge in [-0.1, -0.05) is 41.4 Å². The fraction of sp³-hybridized carbons (Fsp3) is 0.346. The summed E-state index contributed by atoms with van der Waals surface area (Å²) < 4.78 is 38.9. The van der Waals surface area contributed by atoms with Crippen LogP contribution < -0.4 is 25.8 Å². The van der Waals surface area contributed by atoms with Crippen molar-refractivity contribution in [2.45, 2.75) is 12.3 Å². The molecule has 1 atom stereocenters. The standard InChI is InChI=1S/C26H27Cl2F3N8O/c1-37-15-39(21-19(27)3-2-4-20(21)28)24(40)18-13-33-25(36-23(18)37)35-17-7-5-16(6-8-17)22(34-14-26(29,30)31)38-11-9-32-10-12-38/h2-8,13,22,32,34H,9-12,14-15H2,1H3,(H,33,35,36). The maximum Gasteiger partial charge on any atom is 0.401 e. The Kier molecular flexibility index (Phi) is 8.34. The topological polar surface area (TPSA) is 88.7 Å². The van der Waals surface area contributed by atoms with E-state index in [-0.39, 0.29) is 18.5 Å². The highest BCUT2D eigenvalue weighted by Gasteiger charge is 2.33. The largest absolute Gasteiger partial charge is 0.401 e. The van der Waals surface area contributed by atoms with Crippen LogP contribution in [0.25, 0.3) is 0 Å². The van der Waals surface area contributed by atoms with Gasteiger partial charge < -0.3 is 15.5 Å². The molecular formula is C26H27Cl2F3N8O. The van der Waals surface area contributed by atoms with Crippen LogP contribution in [0.3, 0.4) is 0 Å². The third kappa shape index (κ3) is 6.26. The molecule has 1 saturated heterocycles. The molecule has 2 aliphatic heterocycles. The average molecular weight is 595 g/mol. The molecule has 1 amide bonds. The van der Waals surface area contributed by atoms with Gasteiger partial charge >= 0.3 is 6.18 Å². The van der Waals surface area contributed by atoms with Gasteiger partial charge in [0.25, 0.3) is 5.91 Å². The lowest BCUT2D eigenvalue weighted by atomic mass is 10.1. The minimum absolute atomic E-state index is 0.179. The molecule has 3 N–H and O–H groups in total. The minimum Gasteiger partial charge on any atom is -0.341 e. The van der Waals surface area contributed by atoms with Crippen molar-refractivity contribution >= 4 is 52.3 Å². The number of anilines is 4. The van der Waals surface area contributed by atoms with E-state index >= 15 is 0 Å². The number of hydrogen-bond acceptors (Lipinski definition) is 8. The van der Waals surface area contributed by atoms with Crippen LogP contribution in [-0.2, 0) is 0 Å². The van der Waals surface area contributed by atoms with E-state index in [0.29, 0.717) is 64.5 Å². The summed E-state index contributed by atoms with van der Waals surface area (Å²) in [6.45, 7) is 1.77. The predicted molar refractivity (Wildman–Crippen MR) is 150 cm³/mol. The van der Waals surface area contributed by atoms with Gasteiger partial charge in [-0.25, -0.2) is 4.98 Å². The third-order valence-electron chi connectivity index (χ3n) is 6.66. The average Bonchev–Trinajstić information content (AvgIpc) is 2.92. The van der Waals surface area contributed by atoms with Crippen molar-refractivity contribution in [3.05, 3.63) is 69.8 Å². The molecule has 0 saturated carbocycles. The number of nitrogens with one attached hydrogen (secondary N) is 3. The van der Waals surface area contributed by atoms with Crippen LogP contribution in [0.2, 0.25) is 10.0 Å². The first-order chi connectivity index (χ1) is 19.1. The summed E-state index contributed by atoms with van der Waals surface area (Å²) in [5.74, 6) is 0.377. The minimum atomic E-state index is -4.32. The first-order valence-electron chi connectivity index (χ1n) is 12.6. The lowest BCUT2D eigenvalue weighted by Crippen LogP contribution is -2.50. The molecule has 1 fully saturated rings. The number of halogens is 5. The predicted octanol–water partition coefficient (Wildman–Crippen LogP) is 4.64. The molecule has 3 heterocycles. The van der Waals surface area contributed by atoms with Crippen molar-refractivity contribution in [1.29, 1.82) is 0 Å². The Hall–Kier alpha value is -3.16. The molecule has 14 heteroatoms. The van der Waals surface area contributed by atoms with Crippen molar-refractivity contribution in [2.24, 2.45) is 0 Å². The summed E-state index contributed by atoms with van der Waals surface area (Å²) >= 11 is 12.7. The molecule has 0 radical (unpaired) electrons. The Balaban J connectivity index is 1.33. The van der Waals surface area contributed by atoms with Gasteiger partial charge in [0.05, 0.1) is 35.1 Å². The zero-order chi connectivity index (χ0) is 28.4. The Morgan fingerprint density at radius 2 is 1.75 bits per heavy atom. The first-order valence-corrected chi connectivity index (χ1v) is 13.3. The van der Waals surface area contributed by atoms with Gasteiger partial charge in [-0.2, -0.15) is 18.2 Å². The molecule has 9 nitrogen and oxygen atoms in total. The number of rotatable bonds is 7. The Morgan fingerprint density at radius 1 is 1.07 bits per heavy atom. The zero-order valence-electron chi connectivity index (χ0n) is 21.5. The Labute approximate surface area is 239 Å². The SMILES string of the molecule is CN1CN(c2c(Cl)cccc2Cl)C(=O)c2cnc(Nc3ccc(C(NCC(F)(F)F)N4CCNCC4)cc3)nc21. The molecule has 3 aromatic rings. The van der Waals surface area contributed by atoms with E-state index in [1.807, 2.05) is 4.90 Å². The van der Waals surface area contributed by atoms with E-state index in [1.54, 1.807) is 54.4 Å². The quantitative estimate of drug-likeness (QED) is 0.365. The van der Waals surface area contributed by atoms with Crippen molar-refractivity contribution in [3.63, 3.8) is 0 Å². The second kappa shape index (κ2) is 11.8. The van der Waals surface area contributed by atoms with Gasteiger partial charge in [0.1, 0.15) is 11.4 Å².